The molecule has 9 heteroatoms. The molecule has 0 spiro atoms. The van der Waals surface area contributed by atoms with E-state index in [4.69, 9.17) is 11.5 Å². The second kappa shape index (κ2) is 8.77. The van der Waals surface area contributed by atoms with E-state index in [9.17, 15) is 24.8 Å². The van der Waals surface area contributed by atoms with Crippen molar-refractivity contribution in [3.8, 4) is 5.75 Å². The maximum atomic E-state index is 12.3. The van der Waals surface area contributed by atoms with Gasteiger partial charge < -0.3 is 21.9 Å². The summed E-state index contributed by atoms with van der Waals surface area (Å²) in [5.41, 5.74) is 12.0. The van der Waals surface area contributed by atoms with Crippen molar-refractivity contribution in [2.45, 2.75) is 24.9 Å². The maximum Gasteiger partial charge on any atom is 0.310 e. The predicted octanol–water partition coefficient (Wildman–Crippen LogP) is 0.383. The zero-order chi connectivity index (χ0) is 20.0. The Balaban J connectivity index is 2.07. The maximum absolute atomic E-state index is 12.3. The Morgan fingerprint density at radius 1 is 1.11 bits per heavy atom. The molecule has 2 unspecified atom stereocenters. The summed E-state index contributed by atoms with van der Waals surface area (Å²) in [6.45, 7) is 0. The van der Waals surface area contributed by atoms with Gasteiger partial charge in [-0.25, -0.2) is 0 Å². The third kappa shape index (κ3) is 5.51. The number of nitrogens with two attached hydrogens (primary N) is 2. The van der Waals surface area contributed by atoms with Crippen LogP contribution in [0, 0.1) is 10.1 Å². The average molecular weight is 372 g/mol. The zero-order valence-electron chi connectivity index (χ0n) is 14.4. The topological polar surface area (TPSA) is 162 Å². The molecule has 2 atom stereocenters. The van der Waals surface area contributed by atoms with Gasteiger partial charge in [-0.05, 0) is 23.6 Å². The molecule has 0 radical (unpaired) electrons. The van der Waals surface area contributed by atoms with Gasteiger partial charge in [-0.1, -0.05) is 36.4 Å². The third-order valence-electron chi connectivity index (χ3n) is 3.97. The molecule has 0 aliphatic rings. The number of nitrogens with zero attached hydrogens (tertiary/aromatic N) is 1. The number of nitrogens with one attached hydrogen (secondary N) is 1. The van der Waals surface area contributed by atoms with Crippen LogP contribution in [0.25, 0.3) is 0 Å². The molecule has 6 N–H and O–H groups in total. The van der Waals surface area contributed by atoms with Crippen molar-refractivity contribution >= 4 is 17.5 Å². The number of benzene rings is 2. The number of aromatic hydroxyl groups is 1. The van der Waals surface area contributed by atoms with Gasteiger partial charge in [0, 0.05) is 12.5 Å². The minimum atomic E-state index is -1.09. The molecule has 142 valence electrons. The molecule has 2 aromatic rings. The van der Waals surface area contributed by atoms with Gasteiger partial charge in [-0.2, -0.15) is 0 Å². The fourth-order valence-corrected chi connectivity index (χ4v) is 2.54. The molecule has 0 saturated carbocycles. The number of rotatable bonds is 8. The molecule has 0 saturated heterocycles. The Hall–Kier alpha value is -3.46. The molecule has 0 aliphatic heterocycles. The van der Waals surface area contributed by atoms with Crippen LogP contribution in [-0.2, 0) is 22.4 Å². The highest BCUT2D eigenvalue weighted by molar-refractivity contribution is 5.89. The van der Waals surface area contributed by atoms with Gasteiger partial charge in [-0.3, -0.25) is 19.7 Å². The van der Waals surface area contributed by atoms with Crippen molar-refractivity contribution < 1.29 is 19.6 Å². The number of carbonyl (C=O) groups is 2. The second-order valence-corrected chi connectivity index (χ2v) is 6.04. The molecule has 0 heterocycles. The molecule has 2 aromatic carbocycles. The third-order valence-corrected chi connectivity index (χ3v) is 3.97. The molecule has 2 amide bonds. The number of phenols is 1. The molecule has 27 heavy (non-hydrogen) atoms. The van der Waals surface area contributed by atoms with Crippen molar-refractivity contribution in [1.82, 2.24) is 5.32 Å². The van der Waals surface area contributed by atoms with E-state index in [-0.39, 0.29) is 12.8 Å². The number of hydrogen-bond acceptors (Lipinski definition) is 6. The molecular weight excluding hydrogens is 352 g/mol. The van der Waals surface area contributed by atoms with Gasteiger partial charge in [0.25, 0.3) is 0 Å². The predicted molar refractivity (Wildman–Crippen MR) is 97.7 cm³/mol. The van der Waals surface area contributed by atoms with Crippen LogP contribution in [0.4, 0.5) is 5.69 Å². The quantitative estimate of drug-likeness (QED) is 0.387. The minimum Gasteiger partial charge on any atom is -0.502 e. The second-order valence-electron chi connectivity index (χ2n) is 6.04. The lowest BCUT2D eigenvalue weighted by molar-refractivity contribution is -0.385. The summed E-state index contributed by atoms with van der Waals surface area (Å²) in [5.74, 6) is -1.85. The van der Waals surface area contributed by atoms with Crippen LogP contribution in [0.15, 0.2) is 48.5 Å². The largest absolute Gasteiger partial charge is 0.502 e. The van der Waals surface area contributed by atoms with Crippen molar-refractivity contribution in [3.05, 3.63) is 69.8 Å². The van der Waals surface area contributed by atoms with Crippen molar-refractivity contribution in [2.75, 3.05) is 0 Å². The molecule has 2 rings (SSSR count). The summed E-state index contributed by atoms with van der Waals surface area (Å²) in [5, 5.41) is 22.9. The Morgan fingerprint density at radius 2 is 1.78 bits per heavy atom. The van der Waals surface area contributed by atoms with Crippen LogP contribution >= 0.6 is 0 Å². The lowest BCUT2D eigenvalue weighted by Crippen LogP contribution is -2.51. The summed E-state index contributed by atoms with van der Waals surface area (Å²) in [7, 11) is 0. The smallest absolute Gasteiger partial charge is 0.310 e. The van der Waals surface area contributed by atoms with Crippen LogP contribution in [0.3, 0.4) is 0 Å². The minimum absolute atomic E-state index is 0.0692. The standard InChI is InChI=1S/C18H20N4O5/c19-13(8-11-4-2-1-3-5-11)18(25)21-14(17(20)24)9-12-6-7-16(23)15(10-12)22(26)27/h1-7,10,13-14,23H,8-9,19H2,(H2,20,24)(H,21,25). The van der Waals surface area contributed by atoms with E-state index in [1.54, 1.807) is 0 Å². The summed E-state index contributed by atoms with van der Waals surface area (Å²) in [6.07, 6.45) is 0.211. The molecular formula is C18H20N4O5. The SMILES string of the molecule is NC(=O)C(Cc1ccc(O)c([N+](=O)[O-])c1)NC(=O)C(N)Cc1ccccc1. The van der Waals surface area contributed by atoms with Crippen molar-refractivity contribution in [2.24, 2.45) is 11.5 Å². The van der Waals surface area contributed by atoms with E-state index in [1.165, 1.54) is 6.07 Å². The lowest BCUT2D eigenvalue weighted by atomic mass is 10.0. The number of phenolic OH excluding ortho intramolecular Hbond substituents is 1. The molecule has 0 aromatic heterocycles. The van der Waals surface area contributed by atoms with E-state index >= 15 is 0 Å². The normalized spacial score (nSPS) is 12.8. The van der Waals surface area contributed by atoms with E-state index in [1.807, 2.05) is 30.3 Å². The summed E-state index contributed by atoms with van der Waals surface area (Å²) in [4.78, 5) is 34.1. The van der Waals surface area contributed by atoms with Gasteiger partial charge in [0.2, 0.25) is 11.8 Å². The Kier molecular flexibility index (Phi) is 6.45. The van der Waals surface area contributed by atoms with E-state index in [0.717, 1.165) is 17.7 Å². The van der Waals surface area contributed by atoms with Crippen LogP contribution in [-0.4, -0.2) is 33.9 Å². The van der Waals surface area contributed by atoms with Crippen LogP contribution in [0.5, 0.6) is 5.75 Å². The number of hydrogen-bond donors (Lipinski definition) is 4. The van der Waals surface area contributed by atoms with E-state index < -0.39 is 40.3 Å². The number of primary amides is 1. The van der Waals surface area contributed by atoms with E-state index in [0.29, 0.717) is 5.56 Å². The van der Waals surface area contributed by atoms with Crippen LogP contribution in [0.1, 0.15) is 11.1 Å². The Bertz CT molecular complexity index is 841. The molecule has 0 aliphatic carbocycles. The Morgan fingerprint density at radius 3 is 2.37 bits per heavy atom. The zero-order valence-corrected chi connectivity index (χ0v) is 14.4. The van der Waals surface area contributed by atoms with Crippen molar-refractivity contribution in [1.29, 1.82) is 0 Å². The van der Waals surface area contributed by atoms with Crippen molar-refractivity contribution in [3.63, 3.8) is 0 Å². The van der Waals surface area contributed by atoms with Crippen LogP contribution in [0.2, 0.25) is 0 Å². The van der Waals surface area contributed by atoms with Gasteiger partial charge in [0.05, 0.1) is 11.0 Å². The number of amides is 2. The fraction of sp³-hybridized carbons (Fsp3) is 0.222. The first kappa shape index (κ1) is 19.9. The summed E-state index contributed by atoms with van der Waals surface area (Å²) >= 11 is 0. The highest BCUT2D eigenvalue weighted by Crippen LogP contribution is 2.26. The van der Waals surface area contributed by atoms with E-state index in [2.05, 4.69) is 5.32 Å². The molecule has 9 nitrogen and oxygen atoms in total. The number of nitro benzene ring substituents is 1. The Labute approximate surface area is 155 Å². The van der Waals surface area contributed by atoms with Gasteiger partial charge in [0.15, 0.2) is 5.75 Å². The number of nitro groups is 1. The fourth-order valence-electron chi connectivity index (χ4n) is 2.54. The monoisotopic (exact) mass is 372 g/mol. The highest BCUT2D eigenvalue weighted by atomic mass is 16.6. The highest BCUT2D eigenvalue weighted by Gasteiger charge is 2.24. The van der Waals surface area contributed by atoms with Gasteiger partial charge in [-0.15, -0.1) is 0 Å². The average Bonchev–Trinajstić information content (AvgIpc) is 2.63. The number of carbonyl (C=O) groups excluding carboxylic acids is 2. The lowest BCUT2D eigenvalue weighted by Gasteiger charge is -2.19. The molecule has 0 bridgehead atoms. The van der Waals surface area contributed by atoms with Gasteiger partial charge in [0.1, 0.15) is 6.04 Å². The first-order valence-corrected chi connectivity index (χ1v) is 8.13. The first-order valence-electron chi connectivity index (χ1n) is 8.13. The van der Waals surface area contributed by atoms with Crippen LogP contribution < -0.4 is 16.8 Å². The molecule has 0 fully saturated rings. The van der Waals surface area contributed by atoms with Gasteiger partial charge >= 0.3 is 5.69 Å². The first-order chi connectivity index (χ1) is 12.8. The summed E-state index contributed by atoms with van der Waals surface area (Å²) in [6, 6.07) is 10.8. The summed E-state index contributed by atoms with van der Waals surface area (Å²) < 4.78 is 0.